The molecule has 0 saturated carbocycles. The minimum Gasteiger partial charge on any atom is -0.495 e. The van der Waals surface area contributed by atoms with Crippen molar-refractivity contribution in [1.29, 1.82) is 0 Å². The lowest BCUT2D eigenvalue weighted by Crippen LogP contribution is -2.16. The Morgan fingerprint density at radius 2 is 1.50 bits per heavy atom. The average molecular weight is 324 g/mol. The Kier molecular flexibility index (Phi) is 4.70. The SMILES string of the molecule is COc1ccccc1NC1=C[C@@H](Nc2ccccc2OC)CC1=O. The van der Waals surface area contributed by atoms with Gasteiger partial charge in [-0.3, -0.25) is 4.79 Å². The number of anilines is 2. The largest absolute Gasteiger partial charge is 0.495 e. The molecule has 124 valence electrons. The van der Waals surface area contributed by atoms with E-state index in [1.54, 1.807) is 14.2 Å². The molecule has 2 aromatic carbocycles. The second-order valence-corrected chi connectivity index (χ2v) is 5.48. The van der Waals surface area contributed by atoms with Crippen LogP contribution in [0.4, 0.5) is 11.4 Å². The predicted octanol–water partition coefficient (Wildman–Crippen LogP) is 3.45. The number of benzene rings is 2. The third-order valence-corrected chi connectivity index (χ3v) is 3.90. The second-order valence-electron chi connectivity index (χ2n) is 5.48. The Hall–Kier alpha value is -2.95. The standard InChI is InChI=1S/C19H20N2O3/c1-23-18-9-5-3-7-14(18)20-13-11-16(17(22)12-13)21-15-8-4-6-10-19(15)24-2/h3-11,13,20-21H,12H2,1-2H3/t13-/m1/s1. The van der Waals surface area contributed by atoms with E-state index in [9.17, 15) is 4.79 Å². The fraction of sp³-hybridized carbons (Fsp3) is 0.211. The van der Waals surface area contributed by atoms with Crippen LogP contribution in [0.1, 0.15) is 6.42 Å². The summed E-state index contributed by atoms with van der Waals surface area (Å²) in [6, 6.07) is 15.1. The van der Waals surface area contributed by atoms with Gasteiger partial charge in [-0.15, -0.1) is 0 Å². The zero-order chi connectivity index (χ0) is 16.9. The third-order valence-electron chi connectivity index (χ3n) is 3.90. The summed E-state index contributed by atoms with van der Waals surface area (Å²) in [5.74, 6) is 1.52. The monoisotopic (exact) mass is 324 g/mol. The van der Waals surface area contributed by atoms with Crippen molar-refractivity contribution in [2.45, 2.75) is 12.5 Å². The number of hydrogen-bond donors (Lipinski definition) is 2. The van der Waals surface area contributed by atoms with E-state index < -0.39 is 0 Å². The van der Waals surface area contributed by atoms with Crippen LogP contribution in [-0.4, -0.2) is 26.0 Å². The van der Waals surface area contributed by atoms with Crippen LogP contribution in [-0.2, 0) is 4.79 Å². The predicted molar refractivity (Wildman–Crippen MR) is 94.7 cm³/mol. The highest BCUT2D eigenvalue weighted by atomic mass is 16.5. The first-order valence-electron chi connectivity index (χ1n) is 7.76. The number of ketones is 1. The molecule has 2 aromatic rings. The van der Waals surface area contributed by atoms with Gasteiger partial charge in [0.25, 0.3) is 0 Å². The highest BCUT2D eigenvalue weighted by Gasteiger charge is 2.25. The van der Waals surface area contributed by atoms with Crippen LogP contribution in [0.15, 0.2) is 60.3 Å². The van der Waals surface area contributed by atoms with Gasteiger partial charge in [-0.05, 0) is 30.3 Å². The Labute approximate surface area is 141 Å². The Morgan fingerprint density at radius 1 is 0.917 bits per heavy atom. The van der Waals surface area contributed by atoms with Gasteiger partial charge in [0.2, 0.25) is 0 Å². The highest BCUT2D eigenvalue weighted by Crippen LogP contribution is 2.29. The summed E-state index contributed by atoms with van der Waals surface area (Å²) >= 11 is 0. The normalized spacial score (nSPS) is 16.5. The van der Waals surface area contributed by atoms with Gasteiger partial charge in [-0.25, -0.2) is 0 Å². The molecule has 0 fully saturated rings. The van der Waals surface area contributed by atoms with E-state index in [1.807, 2.05) is 54.6 Å². The van der Waals surface area contributed by atoms with Crippen LogP contribution < -0.4 is 20.1 Å². The maximum absolute atomic E-state index is 12.3. The quantitative estimate of drug-likeness (QED) is 0.852. The molecule has 0 aliphatic heterocycles. The number of rotatable bonds is 6. The summed E-state index contributed by atoms with van der Waals surface area (Å²) < 4.78 is 10.6. The van der Waals surface area contributed by atoms with Gasteiger partial charge in [0.15, 0.2) is 5.78 Å². The van der Waals surface area contributed by atoms with Crippen LogP contribution in [0, 0.1) is 0 Å². The summed E-state index contributed by atoms with van der Waals surface area (Å²) in [4.78, 5) is 12.3. The number of ether oxygens (including phenoxy) is 2. The summed E-state index contributed by atoms with van der Waals surface area (Å²) in [6.45, 7) is 0. The van der Waals surface area contributed by atoms with Gasteiger partial charge in [-0.1, -0.05) is 24.3 Å². The van der Waals surface area contributed by atoms with Crippen LogP contribution in [0.2, 0.25) is 0 Å². The van der Waals surface area contributed by atoms with Crippen molar-refractivity contribution in [2.24, 2.45) is 0 Å². The molecular weight excluding hydrogens is 304 g/mol. The van der Waals surface area contributed by atoms with Crippen molar-refractivity contribution in [3.8, 4) is 11.5 Å². The van der Waals surface area contributed by atoms with E-state index in [2.05, 4.69) is 10.6 Å². The molecule has 1 atom stereocenters. The smallest absolute Gasteiger partial charge is 0.181 e. The zero-order valence-corrected chi connectivity index (χ0v) is 13.7. The van der Waals surface area contributed by atoms with E-state index in [4.69, 9.17) is 9.47 Å². The lowest BCUT2D eigenvalue weighted by atomic mass is 10.2. The van der Waals surface area contributed by atoms with Crippen molar-refractivity contribution < 1.29 is 14.3 Å². The van der Waals surface area contributed by atoms with Crippen molar-refractivity contribution >= 4 is 17.2 Å². The van der Waals surface area contributed by atoms with Gasteiger partial charge in [-0.2, -0.15) is 0 Å². The molecule has 2 N–H and O–H groups in total. The first-order valence-corrected chi connectivity index (χ1v) is 7.76. The molecule has 0 saturated heterocycles. The lowest BCUT2D eigenvalue weighted by Gasteiger charge is -2.14. The molecule has 0 bridgehead atoms. The summed E-state index contributed by atoms with van der Waals surface area (Å²) in [5.41, 5.74) is 2.22. The van der Waals surface area contributed by atoms with Crippen LogP contribution in [0.5, 0.6) is 11.5 Å². The van der Waals surface area contributed by atoms with E-state index in [0.717, 1.165) is 17.1 Å². The topological polar surface area (TPSA) is 59.6 Å². The summed E-state index contributed by atoms with van der Waals surface area (Å²) in [6.07, 6.45) is 2.30. The number of hydrogen-bond acceptors (Lipinski definition) is 5. The van der Waals surface area contributed by atoms with E-state index in [-0.39, 0.29) is 11.8 Å². The van der Waals surface area contributed by atoms with Gasteiger partial charge >= 0.3 is 0 Å². The molecule has 0 aromatic heterocycles. The molecule has 0 amide bonds. The van der Waals surface area contributed by atoms with Gasteiger partial charge in [0.05, 0.1) is 37.3 Å². The first kappa shape index (κ1) is 15.9. The molecule has 0 unspecified atom stereocenters. The summed E-state index contributed by atoms with van der Waals surface area (Å²) in [7, 11) is 3.24. The van der Waals surface area contributed by atoms with Crippen molar-refractivity contribution in [2.75, 3.05) is 24.9 Å². The van der Waals surface area contributed by atoms with E-state index in [0.29, 0.717) is 17.9 Å². The molecular formula is C19H20N2O3. The lowest BCUT2D eigenvalue weighted by molar-refractivity contribution is -0.114. The maximum atomic E-state index is 12.3. The maximum Gasteiger partial charge on any atom is 0.181 e. The number of carbonyl (C=O) groups is 1. The van der Waals surface area contributed by atoms with Crippen LogP contribution in [0.25, 0.3) is 0 Å². The third kappa shape index (κ3) is 3.35. The average Bonchev–Trinajstić information content (AvgIpc) is 2.95. The molecule has 0 radical (unpaired) electrons. The molecule has 24 heavy (non-hydrogen) atoms. The molecule has 3 rings (SSSR count). The number of nitrogens with one attached hydrogen (secondary N) is 2. The van der Waals surface area contributed by atoms with Gasteiger partial charge < -0.3 is 20.1 Å². The van der Waals surface area contributed by atoms with Gasteiger partial charge in [0.1, 0.15) is 11.5 Å². The minimum atomic E-state index is -0.0778. The zero-order valence-electron chi connectivity index (χ0n) is 13.7. The molecule has 5 nitrogen and oxygen atoms in total. The Morgan fingerprint density at radius 3 is 2.17 bits per heavy atom. The van der Waals surface area contributed by atoms with Crippen molar-refractivity contribution in [3.63, 3.8) is 0 Å². The molecule has 1 aliphatic rings. The van der Waals surface area contributed by atoms with Crippen LogP contribution >= 0.6 is 0 Å². The number of allylic oxidation sites excluding steroid dienone is 1. The highest BCUT2D eigenvalue weighted by molar-refractivity contribution is 6.01. The van der Waals surface area contributed by atoms with Crippen molar-refractivity contribution in [1.82, 2.24) is 0 Å². The number of para-hydroxylation sites is 4. The Bertz CT molecular complexity index is 771. The first-order chi connectivity index (χ1) is 11.7. The Balaban J connectivity index is 1.76. The van der Waals surface area contributed by atoms with E-state index in [1.165, 1.54) is 0 Å². The molecule has 0 spiro atoms. The van der Waals surface area contributed by atoms with Crippen LogP contribution in [0.3, 0.4) is 0 Å². The second kappa shape index (κ2) is 7.08. The van der Waals surface area contributed by atoms with E-state index >= 15 is 0 Å². The number of carbonyl (C=O) groups excluding carboxylic acids is 1. The molecule has 1 aliphatic carbocycles. The van der Waals surface area contributed by atoms with Gasteiger partial charge in [0, 0.05) is 6.42 Å². The number of Topliss-reactive ketones (excluding diaryl/α,β-unsaturated/α-hetero) is 1. The summed E-state index contributed by atoms with van der Waals surface area (Å²) in [5, 5.41) is 6.51. The van der Waals surface area contributed by atoms with Crippen molar-refractivity contribution in [3.05, 3.63) is 60.3 Å². The fourth-order valence-electron chi connectivity index (χ4n) is 2.72. The molecule has 0 heterocycles. The molecule has 5 heteroatoms. The minimum absolute atomic E-state index is 0.0632. The fourth-order valence-corrected chi connectivity index (χ4v) is 2.72. The number of methoxy groups -OCH3 is 2.